The largest absolute Gasteiger partial charge is 0.349 e. The summed E-state index contributed by atoms with van der Waals surface area (Å²) in [6, 6.07) is 19.3. The molecule has 0 atom stereocenters. The first kappa shape index (κ1) is 22.8. The summed E-state index contributed by atoms with van der Waals surface area (Å²) in [7, 11) is 0. The molecule has 2 heterocycles. The average molecular weight is 530 g/mol. The van der Waals surface area contributed by atoms with Gasteiger partial charge in [0.15, 0.2) is 5.16 Å². The first-order valence-corrected chi connectivity index (χ1v) is 12.2. The molecule has 0 unspecified atom stereocenters. The van der Waals surface area contributed by atoms with Gasteiger partial charge in [-0.2, -0.15) is 0 Å². The third kappa shape index (κ3) is 4.40. The molecule has 34 heavy (non-hydrogen) atoms. The number of para-hydroxylation sites is 1. The van der Waals surface area contributed by atoms with E-state index in [9.17, 15) is 9.59 Å². The van der Waals surface area contributed by atoms with Crippen molar-refractivity contribution in [1.82, 2.24) is 14.5 Å². The van der Waals surface area contributed by atoms with Crippen LogP contribution in [0.5, 0.6) is 0 Å². The van der Waals surface area contributed by atoms with E-state index in [0.717, 1.165) is 22.7 Å². The Morgan fingerprint density at radius 1 is 1.00 bits per heavy atom. The molecule has 10 heteroatoms. The molecule has 1 amide bonds. The van der Waals surface area contributed by atoms with Crippen molar-refractivity contribution in [3.8, 4) is 5.69 Å². The van der Waals surface area contributed by atoms with Crippen molar-refractivity contribution >= 4 is 80.1 Å². The van der Waals surface area contributed by atoms with Crippen molar-refractivity contribution in [2.45, 2.75) is 5.16 Å². The van der Waals surface area contributed by atoms with Crippen LogP contribution in [-0.2, 0) is 4.79 Å². The van der Waals surface area contributed by atoms with E-state index >= 15 is 0 Å². The Morgan fingerprint density at radius 2 is 1.82 bits per heavy atom. The molecule has 0 spiro atoms. The second kappa shape index (κ2) is 9.35. The SMILES string of the molecule is O=C(CSc1nc2c([nH]c3ccccc32)c(=O)n1-c1cccc(Cl)c1)Nc1ccc(Cl)c(Cl)c1. The average Bonchev–Trinajstić information content (AvgIpc) is 3.19. The molecule has 5 aromatic rings. The summed E-state index contributed by atoms with van der Waals surface area (Å²) in [4.78, 5) is 34.1. The molecule has 6 nitrogen and oxygen atoms in total. The second-order valence-corrected chi connectivity index (χ2v) is 9.57. The predicted octanol–water partition coefficient (Wildman–Crippen LogP) is 6.56. The van der Waals surface area contributed by atoms with Crippen LogP contribution < -0.4 is 10.9 Å². The Hall–Kier alpha value is -2.97. The lowest BCUT2D eigenvalue weighted by Crippen LogP contribution is -2.23. The number of anilines is 1. The molecule has 0 fully saturated rings. The molecule has 5 rings (SSSR count). The zero-order chi connectivity index (χ0) is 23.8. The van der Waals surface area contributed by atoms with E-state index in [1.54, 1.807) is 42.5 Å². The quantitative estimate of drug-likeness (QED) is 0.200. The summed E-state index contributed by atoms with van der Waals surface area (Å²) in [5, 5.41) is 5.20. The predicted molar refractivity (Wildman–Crippen MR) is 140 cm³/mol. The number of hydrogen-bond acceptors (Lipinski definition) is 4. The van der Waals surface area contributed by atoms with Crippen LogP contribution in [0.15, 0.2) is 76.7 Å². The number of thioether (sulfide) groups is 1. The molecule has 0 saturated heterocycles. The number of benzene rings is 3. The van der Waals surface area contributed by atoms with Gasteiger partial charge in [0.1, 0.15) is 11.0 Å². The molecule has 0 aliphatic carbocycles. The number of rotatable bonds is 5. The molecule has 2 aromatic heterocycles. The first-order valence-electron chi connectivity index (χ1n) is 10.1. The van der Waals surface area contributed by atoms with Crippen molar-refractivity contribution in [3.05, 3.63) is 92.2 Å². The zero-order valence-electron chi connectivity index (χ0n) is 17.3. The lowest BCUT2D eigenvalue weighted by Gasteiger charge is -2.12. The first-order chi connectivity index (χ1) is 16.4. The van der Waals surface area contributed by atoms with Gasteiger partial charge >= 0.3 is 0 Å². The topological polar surface area (TPSA) is 79.8 Å². The van der Waals surface area contributed by atoms with E-state index in [1.165, 1.54) is 4.57 Å². The number of halogens is 3. The monoisotopic (exact) mass is 528 g/mol. The van der Waals surface area contributed by atoms with Gasteiger partial charge in [0.05, 0.1) is 21.5 Å². The highest BCUT2D eigenvalue weighted by atomic mass is 35.5. The van der Waals surface area contributed by atoms with Crippen molar-refractivity contribution in [2.75, 3.05) is 11.1 Å². The number of H-pyrrole nitrogens is 1. The van der Waals surface area contributed by atoms with Gasteiger partial charge in [-0.25, -0.2) is 4.98 Å². The van der Waals surface area contributed by atoms with E-state index in [0.29, 0.717) is 42.6 Å². The van der Waals surface area contributed by atoms with Gasteiger partial charge in [-0.1, -0.05) is 70.8 Å². The fourth-order valence-electron chi connectivity index (χ4n) is 3.58. The van der Waals surface area contributed by atoms with Gasteiger partial charge in [0.2, 0.25) is 5.91 Å². The second-order valence-electron chi connectivity index (χ2n) is 7.37. The summed E-state index contributed by atoms with van der Waals surface area (Å²) in [5.74, 6) is -0.268. The number of aromatic amines is 1. The van der Waals surface area contributed by atoms with Crippen LogP contribution in [0.4, 0.5) is 5.69 Å². The summed E-state index contributed by atoms with van der Waals surface area (Å²) in [6.07, 6.45) is 0. The zero-order valence-corrected chi connectivity index (χ0v) is 20.4. The Kier molecular flexibility index (Phi) is 6.27. The van der Waals surface area contributed by atoms with Gasteiger partial charge in [0, 0.05) is 21.6 Å². The van der Waals surface area contributed by atoms with Crippen molar-refractivity contribution in [2.24, 2.45) is 0 Å². The Morgan fingerprint density at radius 3 is 2.62 bits per heavy atom. The van der Waals surface area contributed by atoms with Crippen LogP contribution in [-0.4, -0.2) is 26.2 Å². The number of nitrogens with zero attached hydrogens (tertiary/aromatic N) is 2. The lowest BCUT2D eigenvalue weighted by atomic mass is 10.2. The third-order valence-corrected chi connectivity index (χ3v) is 7.01. The summed E-state index contributed by atoms with van der Waals surface area (Å²) >= 11 is 19.3. The maximum absolute atomic E-state index is 13.5. The molecule has 0 radical (unpaired) electrons. The third-order valence-electron chi connectivity index (χ3n) is 5.10. The Labute approximate surface area is 212 Å². The summed E-state index contributed by atoms with van der Waals surface area (Å²) in [6.45, 7) is 0. The fraction of sp³-hybridized carbons (Fsp3) is 0.0417. The van der Waals surface area contributed by atoms with Crippen LogP contribution in [0.2, 0.25) is 15.1 Å². The molecular weight excluding hydrogens is 515 g/mol. The van der Waals surface area contributed by atoms with Gasteiger partial charge in [0.25, 0.3) is 5.56 Å². The molecule has 3 aromatic carbocycles. The number of aromatic nitrogens is 3. The van der Waals surface area contributed by atoms with Crippen LogP contribution in [0, 0.1) is 0 Å². The smallest absolute Gasteiger partial charge is 0.283 e. The van der Waals surface area contributed by atoms with Gasteiger partial charge in [-0.3, -0.25) is 14.2 Å². The van der Waals surface area contributed by atoms with E-state index in [1.807, 2.05) is 24.3 Å². The number of amides is 1. The highest BCUT2D eigenvalue weighted by Gasteiger charge is 2.18. The number of carbonyl (C=O) groups excluding carboxylic acids is 1. The summed E-state index contributed by atoms with van der Waals surface area (Å²) < 4.78 is 1.46. The number of fused-ring (bicyclic) bond motifs is 3. The van der Waals surface area contributed by atoms with E-state index in [4.69, 9.17) is 39.8 Å². The van der Waals surface area contributed by atoms with Crippen LogP contribution in [0.3, 0.4) is 0 Å². The van der Waals surface area contributed by atoms with Gasteiger partial charge in [-0.05, 0) is 42.5 Å². The van der Waals surface area contributed by atoms with Crippen molar-refractivity contribution < 1.29 is 4.79 Å². The minimum Gasteiger partial charge on any atom is -0.349 e. The molecular formula is C24H15Cl3N4O2S. The number of nitrogens with one attached hydrogen (secondary N) is 2. The van der Waals surface area contributed by atoms with Gasteiger partial charge < -0.3 is 10.3 Å². The van der Waals surface area contributed by atoms with E-state index in [2.05, 4.69) is 10.3 Å². The van der Waals surface area contributed by atoms with Crippen LogP contribution in [0.25, 0.3) is 27.6 Å². The molecule has 0 bridgehead atoms. The van der Waals surface area contributed by atoms with Gasteiger partial charge in [-0.15, -0.1) is 0 Å². The normalized spacial score (nSPS) is 11.3. The molecule has 0 aliphatic heterocycles. The molecule has 0 saturated carbocycles. The van der Waals surface area contributed by atoms with Crippen molar-refractivity contribution in [1.29, 1.82) is 0 Å². The minimum absolute atomic E-state index is 0.0150. The minimum atomic E-state index is -0.283. The maximum atomic E-state index is 13.5. The van der Waals surface area contributed by atoms with Crippen LogP contribution in [0.1, 0.15) is 0 Å². The van der Waals surface area contributed by atoms with Crippen molar-refractivity contribution in [3.63, 3.8) is 0 Å². The maximum Gasteiger partial charge on any atom is 0.283 e. The standard InChI is InChI=1S/C24H15Cl3N4O2S/c25-13-4-3-5-15(10-13)31-23(33)22-21(16-6-1-2-7-19(16)29-22)30-24(31)34-12-20(32)28-14-8-9-17(26)18(27)11-14/h1-11,29H,12H2,(H,28,32). The van der Waals surface area contributed by atoms with Crippen LogP contribution >= 0.6 is 46.6 Å². The molecule has 170 valence electrons. The Balaban J connectivity index is 1.54. The summed E-state index contributed by atoms with van der Waals surface area (Å²) in [5.41, 5.74) is 2.53. The fourth-order valence-corrected chi connectivity index (χ4v) is 4.87. The Bertz CT molecular complexity index is 1630. The highest BCUT2D eigenvalue weighted by molar-refractivity contribution is 7.99. The number of carbonyl (C=O) groups is 1. The van der Waals surface area contributed by atoms with E-state index < -0.39 is 0 Å². The highest BCUT2D eigenvalue weighted by Crippen LogP contribution is 2.28. The van der Waals surface area contributed by atoms with E-state index in [-0.39, 0.29) is 17.2 Å². The molecule has 0 aliphatic rings. The number of hydrogen-bond donors (Lipinski definition) is 2. The molecule has 2 N–H and O–H groups in total. The lowest BCUT2D eigenvalue weighted by molar-refractivity contribution is -0.113.